The van der Waals surface area contributed by atoms with Gasteiger partial charge in [-0.05, 0) is 12.0 Å². The standard InChI is InChI=1S/C13H14F2O3/c14-12(15)7-6-10(8-12)13(18,11(16)17)9-4-2-1-3-5-9/h1-5,10,18H,6-8H2,(H,16,17)/t10-,13?/m0/s1. The van der Waals surface area contributed by atoms with E-state index >= 15 is 0 Å². The van der Waals surface area contributed by atoms with Gasteiger partial charge in [-0.3, -0.25) is 0 Å². The second-order valence-electron chi connectivity index (χ2n) is 4.73. The fourth-order valence-electron chi connectivity index (χ4n) is 2.53. The quantitative estimate of drug-likeness (QED) is 0.873. The van der Waals surface area contributed by atoms with Crippen LogP contribution in [0.2, 0.25) is 0 Å². The van der Waals surface area contributed by atoms with E-state index in [4.69, 9.17) is 0 Å². The minimum Gasteiger partial charge on any atom is -0.479 e. The number of hydrogen-bond acceptors (Lipinski definition) is 2. The number of halogens is 2. The third-order valence-electron chi connectivity index (χ3n) is 3.53. The lowest BCUT2D eigenvalue weighted by Crippen LogP contribution is -2.42. The summed E-state index contributed by atoms with van der Waals surface area (Å²) in [5.74, 6) is -5.33. The van der Waals surface area contributed by atoms with Gasteiger partial charge in [-0.25, -0.2) is 13.6 Å². The average Bonchev–Trinajstić information content (AvgIpc) is 2.70. The molecule has 2 rings (SSSR count). The molecule has 1 saturated carbocycles. The van der Waals surface area contributed by atoms with Crippen LogP contribution in [0.25, 0.3) is 0 Å². The minimum absolute atomic E-state index is 0.00466. The van der Waals surface area contributed by atoms with E-state index < -0.39 is 29.8 Å². The van der Waals surface area contributed by atoms with Gasteiger partial charge in [0, 0.05) is 18.8 Å². The van der Waals surface area contributed by atoms with E-state index in [1.807, 2.05) is 0 Å². The van der Waals surface area contributed by atoms with Gasteiger partial charge in [-0.15, -0.1) is 0 Å². The Bertz CT molecular complexity index is 447. The lowest BCUT2D eigenvalue weighted by atomic mass is 9.80. The highest BCUT2D eigenvalue weighted by Gasteiger charge is 2.53. The van der Waals surface area contributed by atoms with Gasteiger partial charge >= 0.3 is 5.97 Å². The van der Waals surface area contributed by atoms with E-state index in [-0.39, 0.29) is 18.4 Å². The number of hydrogen-bond donors (Lipinski definition) is 2. The third kappa shape index (κ3) is 2.10. The van der Waals surface area contributed by atoms with Crippen molar-refractivity contribution < 1.29 is 23.8 Å². The van der Waals surface area contributed by atoms with Gasteiger partial charge in [0.2, 0.25) is 5.92 Å². The van der Waals surface area contributed by atoms with E-state index in [0.717, 1.165) is 0 Å². The predicted octanol–water partition coefficient (Wildman–Crippen LogP) is 2.39. The molecular weight excluding hydrogens is 242 g/mol. The number of alkyl halides is 2. The Morgan fingerprint density at radius 1 is 1.33 bits per heavy atom. The molecule has 1 aliphatic carbocycles. The number of aliphatic carboxylic acids is 1. The zero-order valence-corrected chi connectivity index (χ0v) is 9.64. The minimum atomic E-state index is -2.89. The molecule has 1 fully saturated rings. The van der Waals surface area contributed by atoms with E-state index in [1.165, 1.54) is 12.1 Å². The predicted molar refractivity (Wildman–Crippen MR) is 60.3 cm³/mol. The molecule has 5 heteroatoms. The van der Waals surface area contributed by atoms with Crippen molar-refractivity contribution in [2.45, 2.75) is 30.8 Å². The van der Waals surface area contributed by atoms with Crippen LogP contribution in [0, 0.1) is 5.92 Å². The van der Waals surface area contributed by atoms with Crippen molar-refractivity contribution in [1.29, 1.82) is 0 Å². The fraction of sp³-hybridized carbons (Fsp3) is 0.462. The molecule has 98 valence electrons. The van der Waals surface area contributed by atoms with Crippen molar-refractivity contribution in [3.8, 4) is 0 Å². The molecule has 0 bridgehead atoms. The third-order valence-corrected chi connectivity index (χ3v) is 3.53. The van der Waals surface area contributed by atoms with Crippen LogP contribution < -0.4 is 0 Å². The average molecular weight is 256 g/mol. The van der Waals surface area contributed by atoms with Gasteiger partial charge in [-0.2, -0.15) is 0 Å². The van der Waals surface area contributed by atoms with Crippen molar-refractivity contribution >= 4 is 5.97 Å². The summed E-state index contributed by atoms with van der Waals surface area (Å²) in [6.07, 6.45) is -0.963. The summed E-state index contributed by atoms with van der Waals surface area (Å²) in [5, 5.41) is 19.6. The molecule has 0 heterocycles. The maximum Gasteiger partial charge on any atom is 0.340 e. The second-order valence-corrected chi connectivity index (χ2v) is 4.73. The topological polar surface area (TPSA) is 57.5 Å². The number of carboxylic acid groups (broad SMARTS) is 1. The number of carbonyl (C=O) groups is 1. The van der Waals surface area contributed by atoms with E-state index in [1.54, 1.807) is 18.2 Å². The van der Waals surface area contributed by atoms with Gasteiger partial charge in [0.25, 0.3) is 0 Å². The highest BCUT2D eigenvalue weighted by atomic mass is 19.3. The maximum absolute atomic E-state index is 13.2. The molecule has 0 aromatic heterocycles. The Morgan fingerprint density at radius 3 is 2.39 bits per heavy atom. The Hall–Kier alpha value is -1.49. The van der Waals surface area contributed by atoms with Gasteiger partial charge in [0.1, 0.15) is 0 Å². The number of benzene rings is 1. The Morgan fingerprint density at radius 2 is 1.94 bits per heavy atom. The van der Waals surface area contributed by atoms with Crippen LogP contribution in [0.4, 0.5) is 8.78 Å². The van der Waals surface area contributed by atoms with E-state index in [0.29, 0.717) is 0 Å². The molecule has 18 heavy (non-hydrogen) atoms. The molecule has 0 amide bonds. The highest BCUT2D eigenvalue weighted by molar-refractivity contribution is 5.79. The lowest BCUT2D eigenvalue weighted by Gasteiger charge is -2.30. The largest absolute Gasteiger partial charge is 0.479 e. The number of carboxylic acids is 1. The Balaban J connectivity index is 2.37. The van der Waals surface area contributed by atoms with Crippen molar-refractivity contribution in [2.75, 3.05) is 0 Å². The van der Waals surface area contributed by atoms with Crippen LogP contribution in [-0.4, -0.2) is 22.1 Å². The van der Waals surface area contributed by atoms with Crippen LogP contribution in [-0.2, 0) is 10.4 Å². The molecule has 2 atom stereocenters. The molecule has 1 unspecified atom stereocenters. The van der Waals surface area contributed by atoms with Crippen LogP contribution in [0.5, 0.6) is 0 Å². The molecule has 0 aliphatic heterocycles. The normalized spacial score (nSPS) is 25.6. The summed E-state index contributed by atoms with van der Waals surface area (Å²) >= 11 is 0. The first-order chi connectivity index (χ1) is 8.36. The first-order valence-corrected chi connectivity index (χ1v) is 5.75. The second kappa shape index (κ2) is 4.31. The number of aliphatic hydroxyl groups is 1. The zero-order chi connectivity index (χ0) is 13.4. The molecule has 0 radical (unpaired) electrons. The van der Waals surface area contributed by atoms with Crippen LogP contribution in [0.1, 0.15) is 24.8 Å². The Kier molecular flexibility index (Phi) is 3.11. The summed E-state index contributed by atoms with van der Waals surface area (Å²) in [6, 6.07) is 7.73. The monoisotopic (exact) mass is 256 g/mol. The summed E-state index contributed by atoms with van der Waals surface area (Å²) in [7, 11) is 0. The van der Waals surface area contributed by atoms with Crippen LogP contribution in [0.15, 0.2) is 30.3 Å². The van der Waals surface area contributed by atoms with Crippen LogP contribution >= 0.6 is 0 Å². The molecule has 1 aromatic rings. The maximum atomic E-state index is 13.2. The van der Waals surface area contributed by atoms with Crippen molar-refractivity contribution in [1.82, 2.24) is 0 Å². The molecule has 1 aliphatic rings. The fourth-order valence-corrected chi connectivity index (χ4v) is 2.53. The molecule has 0 saturated heterocycles. The van der Waals surface area contributed by atoms with Crippen molar-refractivity contribution in [3.63, 3.8) is 0 Å². The van der Waals surface area contributed by atoms with E-state index in [9.17, 15) is 23.8 Å². The number of rotatable bonds is 3. The molecule has 2 N–H and O–H groups in total. The summed E-state index contributed by atoms with van der Waals surface area (Å²) < 4.78 is 26.4. The zero-order valence-electron chi connectivity index (χ0n) is 9.64. The summed E-state index contributed by atoms with van der Waals surface area (Å²) in [4.78, 5) is 11.3. The molecule has 1 aromatic carbocycles. The van der Waals surface area contributed by atoms with Gasteiger partial charge in [0.05, 0.1) is 0 Å². The Labute approximate surface area is 103 Å². The van der Waals surface area contributed by atoms with Gasteiger partial charge in [-0.1, -0.05) is 30.3 Å². The van der Waals surface area contributed by atoms with Crippen LogP contribution in [0.3, 0.4) is 0 Å². The lowest BCUT2D eigenvalue weighted by molar-refractivity contribution is -0.167. The summed E-state index contributed by atoms with van der Waals surface area (Å²) in [5.41, 5.74) is -2.08. The molecule has 0 spiro atoms. The van der Waals surface area contributed by atoms with Crippen molar-refractivity contribution in [2.24, 2.45) is 5.92 Å². The first kappa shape index (κ1) is 13.0. The smallest absolute Gasteiger partial charge is 0.340 e. The SMILES string of the molecule is O=C(O)C(O)(c1ccccc1)[C@H]1CCC(F)(F)C1. The van der Waals surface area contributed by atoms with Crippen molar-refractivity contribution in [3.05, 3.63) is 35.9 Å². The molecule has 3 nitrogen and oxygen atoms in total. The summed E-state index contributed by atoms with van der Waals surface area (Å²) in [6.45, 7) is 0. The van der Waals surface area contributed by atoms with Gasteiger partial charge in [0.15, 0.2) is 5.60 Å². The van der Waals surface area contributed by atoms with E-state index in [2.05, 4.69) is 0 Å². The first-order valence-electron chi connectivity index (χ1n) is 5.75. The molecular formula is C13H14F2O3. The highest BCUT2D eigenvalue weighted by Crippen LogP contribution is 2.47. The van der Waals surface area contributed by atoms with Gasteiger partial charge < -0.3 is 10.2 Å².